The second-order valence-corrected chi connectivity index (χ2v) is 8.33. The predicted molar refractivity (Wildman–Crippen MR) is 121 cm³/mol. The SMILES string of the molecule is C=CC[C@@H](N[C@@H](CO)c1ccccc1)c1cc2ccccc2n1C(=O)OC(C)(C)C. The Labute approximate surface area is 178 Å². The van der Waals surface area contributed by atoms with Crippen LogP contribution in [0.25, 0.3) is 10.9 Å². The molecule has 0 aliphatic carbocycles. The summed E-state index contributed by atoms with van der Waals surface area (Å²) in [5.74, 6) is 0. The van der Waals surface area contributed by atoms with Crippen molar-refractivity contribution >= 4 is 17.0 Å². The smallest absolute Gasteiger partial charge is 0.419 e. The molecule has 0 aliphatic heterocycles. The molecule has 0 amide bonds. The van der Waals surface area contributed by atoms with Gasteiger partial charge in [-0.25, -0.2) is 9.36 Å². The number of carbonyl (C=O) groups is 1. The molecule has 1 aromatic heterocycles. The minimum absolute atomic E-state index is 0.0652. The summed E-state index contributed by atoms with van der Waals surface area (Å²) in [7, 11) is 0. The number of hydrogen-bond acceptors (Lipinski definition) is 4. The first-order valence-corrected chi connectivity index (χ1v) is 10.2. The number of hydrogen-bond donors (Lipinski definition) is 2. The Morgan fingerprint density at radius 3 is 2.43 bits per heavy atom. The molecule has 2 atom stereocenters. The van der Waals surface area contributed by atoms with E-state index in [9.17, 15) is 9.90 Å². The lowest BCUT2D eigenvalue weighted by atomic mass is 10.0. The minimum Gasteiger partial charge on any atom is -0.443 e. The molecule has 158 valence electrons. The van der Waals surface area contributed by atoms with Crippen LogP contribution >= 0.6 is 0 Å². The summed E-state index contributed by atoms with van der Waals surface area (Å²) < 4.78 is 7.32. The Kier molecular flexibility index (Phi) is 6.75. The van der Waals surface area contributed by atoms with Gasteiger partial charge < -0.3 is 9.84 Å². The fraction of sp³-hybridized carbons (Fsp3) is 0.320. The maximum Gasteiger partial charge on any atom is 0.419 e. The summed E-state index contributed by atoms with van der Waals surface area (Å²) >= 11 is 0. The van der Waals surface area contributed by atoms with Gasteiger partial charge in [0.25, 0.3) is 0 Å². The molecule has 0 aliphatic rings. The van der Waals surface area contributed by atoms with Gasteiger partial charge >= 0.3 is 6.09 Å². The van der Waals surface area contributed by atoms with Crippen LogP contribution in [0.5, 0.6) is 0 Å². The van der Waals surface area contributed by atoms with Gasteiger partial charge in [-0.15, -0.1) is 6.58 Å². The molecule has 5 heteroatoms. The van der Waals surface area contributed by atoms with E-state index in [1.54, 1.807) is 4.57 Å². The lowest BCUT2D eigenvalue weighted by Crippen LogP contribution is -2.33. The lowest BCUT2D eigenvalue weighted by Gasteiger charge is -2.26. The molecule has 0 saturated heterocycles. The number of fused-ring (bicyclic) bond motifs is 1. The number of rotatable bonds is 7. The van der Waals surface area contributed by atoms with Gasteiger partial charge in [-0.3, -0.25) is 5.32 Å². The second-order valence-electron chi connectivity index (χ2n) is 8.33. The Balaban J connectivity index is 2.05. The molecule has 30 heavy (non-hydrogen) atoms. The topological polar surface area (TPSA) is 63.5 Å². The van der Waals surface area contributed by atoms with Gasteiger partial charge in [0, 0.05) is 11.1 Å². The first-order valence-electron chi connectivity index (χ1n) is 10.2. The lowest BCUT2D eigenvalue weighted by molar-refractivity contribution is 0.0537. The minimum atomic E-state index is -0.612. The van der Waals surface area contributed by atoms with E-state index in [0.717, 1.165) is 22.2 Å². The van der Waals surface area contributed by atoms with Gasteiger partial charge in [-0.2, -0.15) is 0 Å². The Morgan fingerprint density at radius 1 is 1.13 bits per heavy atom. The van der Waals surface area contributed by atoms with Gasteiger partial charge in [0.2, 0.25) is 0 Å². The molecule has 2 aromatic carbocycles. The van der Waals surface area contributed by atoms with E-state index in [-0.39, 0.29) is 18.7 Å². The highest BCUT2D eigenvalue weighted by Gasteiger charge is 2.27. The Morgan fingerprint density at radius 2 is 1.80 bits per heavy atom. The zero-order valence-corrected chi connectivity index (χ0v) is 17.8. The van der Waals surface area contributed by atoms with Crippen molar-refractivity contribution in [3.05, 3.63) is 84.6 Å². The van der Waals surface area contributed by atoms with Gasteiger partial charge in [0.15, 0.2) is 0 Å². The number of aliphatic hydroxyl groups is 1. The van der Waals surface area contributed by atoms with Crippen LogP contribution in [0.3, 0.4) is 0 Å². The number of aliphatic hydroxyl groups excluding tert-OH is 1. The van der Waals surface area contributed by atoms with Crippen LogP contribution in [0, 0.1) is 0 Å². The number of nitrogens with one attached hydrogen (secondary N) is 1. The van der Waals surface area contributed by atoms with E-state index >= 15 is 0 Å². The summed E-state index contributed by atoms with van der Waals surface area (Å²) in [6.07, 6.45) is 1.98. The molecule has 3 aromatic rings. The van der Waals surface area contributed by atoms with E-state index < -0.39 is 11.7 Å². The van der Waals surface area contributed by atoms with E-state index in [0.29, 0.717) is 6.42 Å². The Hall–Kier alpha value is -2.89. The average Bonchev–Trinajstić information content (AvgIpc) is 3.10. The average molecular weight is 407 g/mol. The first-order chi connectivity index (χ1) is 14.3. The van der Waals surface area contributed by atoms with E-state index in [4.69, 9.17) is 4.74 Å². The van der Waals surface area contributed by atoms with Crippen molar-refractivity contribution in [2.45, 2.75) is 44.9 Å². The summed E-state index contributed by atoms with van der Waals surface area (Å²) in [4.78, 5) is 13.1. The molecular formula is C25H30N2O3. The zero-order chi connectivity index (χ0) is 21.7. The molecular weight excluding hydrogens is 376 g/mol. The monoisotopic (exact) mass is 406 g/mol. The highest BCUT2D eigenvalue weighted by molar-refractivity contribution is 5.91. The van der Waals surface area contributed by atoms with Crippen molar-refractivity contribution < 1.29 is 14.6 Å². The molecule has 5 nitrogen and oxygen atoms in total. The van der Waals surface area contributed by atoms with Crippen molar-refractivity contribution in [2.75, 3.05) is 6.61 Å². The second kappa shape index (κ2) is 9.28. The first kappa shape index (κ1) is 21.8. The normalized spacial score (nSPS) is 13.7. The summed E-state index contributed by atoms with van der Waals surface area (Å²) in [5.41, 5.74) is 1.94. The predicted octanol–water partition coefficient (Wildman–Crippen LogP) is 5.36. The van der Waals surface area contributed by atoms with Crippen LogP contribution in [0.2, 0.25) is 0 Å². The van der Waals surface area contributed by atoms with Crippen LogP contribution in [-0.2, 0) is 4.74 Å². The molecule has 0 unspecified atom stereocenters. The zero-order valence-electron chi connectivity index (χ0n) is 17.8. The molecule has 2 N–H and O–H groups in total. The van der Waals surface area contributed by atoms with Crippen molar-refractivity contribution in [1.82, 2.24) is 9.88 Å². The van der Waals surface area contributed by atoms with Crippen LogP contribution in [-0.4, -0.2) is 28.0 Å². The fourth-order valence-corrected chi connectivity index (χ4v) is 3.57. The van der Waals surface area contributed by atoms with Crippen molar-refractivity contribution in [3.8, 4) is 0 Å². The maximum atomic E-state index is 13.1. The third-order valence-electron chi connectivity index (χ3n) is 4.86. The number of aromatic nitrogens is 1. The van der Waals surface area contributed by atoms with Crippen molar-refractivity contribution in [2.24, 2.45) is 0 Å². The number of carbonyl (C=O) groups excluding carboxylic acids is 1. The largest absolute Gasteiger partial charge is 0.443 e. The molecule has 0 bridgehead atoms. The number of nitrogens with zero attached hydrogens (tertiary/aromatic N) is 1. The van der Waals surface area contributed by atoms with Crippen molar-refractivity contribution in [1.29, 1.82) is 0 Å². The molecule has 3 rings (SSSR count). The van der Waals surface area contributed by atoms with Crippen molar-refractivity contribution in [3.63, 3.8) is 0 Å². The standard InChI is InChI=1S/C25H30N2O3/c1-5-11-20(26-21(17-28)18-12-7-6-8-13-18)23-16-19-14-9-10-15-22(19)27(23)24(29)30-25(2,3)4/h5-10,12-16,20-21,26,28H,1,11,17H2,2-4H3/t20-,21+/m1/s1. The highest BCUT2D eigenvalue weighted by Crippen LogP contribution is 2.30. The van der Waals surface area contributed by atoms with Crippen LogP contribution in [0.4, 0.5) is 4.79 Å². The van der Waals surface area contributed by atoms with Crippen LogP contribution < -0.4 is 5.32 Å². The van der Waals surface area contributed by atoms with Gasteiger partial charge in [-0.05, 0) is 44.9 Å². The summed E-state index contributed by atoms with van der Waals surface area (Å²) in [5, 5.41) is 14.5. The molecule has 0 saturated carbocycles. The number of benzene rings is 2. The Bertz CT molecular complexity index is 1000. The molecule has 1 heterocycles. The third kappa shape index (κ3) is 4.99. The highest BCUT2D eigenvalue weighted by atomic mass is 16.6. The van der Waals surface area contributed by atoms with E-state index in [1.165, 1.54) is 0 Å². The summed E-state index contributed by atoms with van der Waals surface area (Å²) in [6, 6.07) is 19.0. The van der Waals surface area contributed by atoms with E-state index in [2.05, 4.69) is 11.9 Å². The maximum absolute atomic E-state index is 13.1. The number of para-hydroxylation sites is 1. The molecule has 0 spiro atoms. The van der Waals surface area contributed by atoms with Crippen LogP contribution in [0.15, 0.2) is 73.3 Å². The number of ether oxygens (including phenoxy) is 1. The quantitative estimate of drug-likeness (QED) is 0.518. The molecule has 0 radical (unpaired) electrons. The van der Waals surface area contributed by atoms with Gasteiger partial charge in [-0.1, -0.05) is 54.6 Å². The van der Waals surface area contributed by atoms with Crippen LogP contribution in [0.1, 0.15) is 50.5 Å². The third-order valence-corrected chi connectivity index (χ3v) is 4.86. The fourth-order valence-electron chi connectivity index (χ4n) is 3.57. The van der Waals surface area contributed by atoms with Gasteiger partial charge in [0.1, 0.15) is 5.60 Å². The molecule has 0 fully saturated rings. The summed E-state index contributed by atoms with van der Waals surface area (Å²) in [6.45, 7) is 9.39. The van der Waals surface area contributed by atoms with E-state index in [1.807, 2.05) is 87.5 Å². The van der Waals surface area contributed by atoms with Gasteiger partial charge in [0.05, 0.1) is 24.2 Å².